The van der Waals surface area contributed by atoms with Gasteiger partial charge in [-0.05, 0) is 117 Å². The molecule has 0 fully saturated rings. The third kappa shape index (κ3) is 6.72. The maximum atomic E-state index is 17.0. The van der Waals surface area contributed by atoms with Gasteiger partial charge in [-0.3, -0.25) is 0 Å². The summed E-state index contributed by atoms with van der Waals surface area (Å²) in [6.45, 7) is 6.60. The van der Waals surface area contributed by atoms with Gasteiger partial charge in [0.2, 0.25) is 0 Å². The molecule has 4 nitrogen and oxygen atoms in total. The zero-order valence-corrected chi connectivity index (χ0v) is 41.5. The third-order valence-electron chi connectivity index (χ3n) is 15.4. The number of nitrogens with zero attached hydrogens (tertiary/aromatic N) is 2. The van der Waals surface area contributed by atoms with Crippen LogP contribution in [-0.2, 0) is 10.8 Å². The van der Waals surface area contributed by atoms with Gasteiger partial charge in [-0.2, -0.15) is 0 Å². The number of anilines is 6. The molecule has 75 heavy (non-hydrogen) atoms. The molecule has 0 N–H and O–H groups in total. The second-order valence-electron chi connectivity index (χ2n) is 20.6. The normalized spacial score (nSPS) is 13.0. The Morgan fingerprint density at radius 3 is 1.48 bits per heavy atom. The van der Waals surface area contributed by atoms with Crippen molar-refractivity contribution < 1.29 is 17.6 Å². The van der Waals surface area contributed by atoms with Crippen molar-refractivity contribution in [2.75, 3.05) is 9.80 Å². The smallest absolute Gasteiger partial charge is 0.160 e. The summed E-state index contributed by atoms with van der Waals surface area (Å²) in [7, 11) is 0. The van der Waals surface area contributed by atoms with Gasteiger partial charge in [0.1, 0.15) is 28.4 Å². The molecule has 0 aliphatic heterocycles. The zero-order valence-electron chi connectivity index (χ0n) is 41.5. The molecule has 0 unspecified atom stereocenters. The molecule has 13 aromatic rings. The maximum Gasteiger partial charge on any atom is 0.160 e. The van der Waals surface area contributed by atoms with Crippen LogP contribution in [0.15, 0.2) is 245 Å². The summed E-state index contributed by atoms with van der Waals surface area (Å²) in [5, 5.41) is 5.59. The number of benzene rings is 11. The van der Waals surface area contributed by atoms with Crippen LogP contribution in [0.3, 0.4) is 0 Å². The summed E-state index contributed by atoms with van der Waals surface area (Å²) in [5.74, 6) is -0.744. The summed E-state index contributed by atoms with van der Waals surface area (Å²) < 4.78 is 48.5. The summed E-state index contributed by atoms with van der Waals surface area (Å²) in [6.07, 6.45) is 0. The van der Waals surface area contributed by atoms with Crippen LogP contribution >= 0.6 is 0 Å². The molecule has 2 aromatic heterocycles. The fourth-order valence-electron chi connectivity index (χ4n) is 12.0. The third-order valence-corrected chi connectivity index (χ3v) is 15.4. The molecule has 0 spiro atoms. The van der Waals surface area contributed by atoms with Gasteiger partial charge in [0, 0.05) is 38.7 Å². The first-order valence-corrected chi connectivity index (χ1v) is 25.5. The largest absolute Gasteiger partial charge is 0.455 e. The first kappa shape index (κ1) is 44.4. The first-order chi connectivity index (χ1) is 36.7. The van der Waals surface area contributed by atoms with Crippen LogP contribution in [0, 0.1) is 11.6 Å². The number of halogens is 2. The van der Waals surface area contributed by atoms with Gasteiger partial charge in [-0.25, -0.2) is 8.78 Å². The second kappa shape index (κ2) is 16.9. The van der Waals surface area contributed by atoms with Gasteiger partial charge >= 0.3 is 0 Å². The van der Waals surface area contributed by atoms with E-state index in [1.165, 1.54) is 12.1 Å². The lowest BCUT2D eigenvalue weighted by Gasteiger charge is -2.36. The average molecular weight is 975 g/mol. The predicted molar refractivity (Wildman–Crippen MR) is 304 cm³/mol. The van der Waals surface area contributed by atoms with Gasteiger partial charge in [0.15, 0.2) is 5.58 Å². The van der Waals surface area contributed by atoms with Crippen LogP contribution < -0.4 is 9.80 Å². The highest BCUT2D eigenvalue weighted by molar-refractivity contribution is 6.26. The molecule has 14 rings (SSSR count). The Balaban J connectivity index is 1.20. The monoisotopic (exact) mass is 974 g/mol. The van der Waals surface area contributed by atoms with Gasteiger partial charge in [0.05, 0.1) is 33.6 Å². The van der Waals surface area contributed by atoms with Gasteiger partial charge in [-0.1, -0.05) is 185 Å². The molecule has 0 saturated heterocycles. The van der Waals surface area contributed by atoms with E-state index in [-0.39, 0.29) is 17.0 Å². The Hall–Kier alpha value is -9.26. The molecule has 0 atom stereocenters. The molecular weight excluding hydrogens is 927 g/mol. The van der Waals surface area contributed by atoms with E-state index < -0.39 is 5.41 Å². The SMILES string of the molecule is CC(C)(C)c1ccc(N(c2ccccc2F)c2cc3c(c4oc5ccccc5c24)-c2c(cc(N(c4ccc5ccccc5c4)c4ccccc4F)c4oc5ccccc5c24)C3(c2ccccc2)c2ccccc2)cc1. The van der Waals surface area contributed by atoms with Crippen molar-refractivity contribution in [2.24, 2.45) is 0 Å². The minimum atomic E-state index is -1.06. The molecule has 11 aromatic carbocycles. The van der Waals surface area contributed by atoms with Crippen LogP contribution in [0.1, 0.15) is 48.6 Å². The summed E-state index contributed by atoms with van der Waals surface area (Å²) in [4.78, 5) is 4.07. The summed E-state index contributed by atoms with van der Waals surface area (Å²) >= 11 is 0. The fraction of sp³-hybridized carbons (Fsp3) is 0.0725. The lowest BCUT2D eigenvalue weighted by molar-refractivity contribution is 0.590. The van der Waals surface area contributed by atoms with E-state index in [0.717, 1.165) is 88.3 Å². The molecule has 1 aliphatic rings. The van der Waals surface area contributed by atoms with Crippen LogP contribution in [0.5, 0.6) is 0 Å². The Morgan fingerprint density at radius 1 is 0.387 bits per heavy atom. The van der Waals surface area contributed by atoms with Crippen molar-refractivity contribution in [1.29, 1.82) is 0 Å². The number of para-hydroxylation sites is 4. The van der Waals surface area contributed by atoms with Crippen LogP contribution in [0.2, 0.25) is 0 Å². The van der Waals surface area contributed by atoms with E-state index in [1.54, 1.807) is 12.1 Å². The Labute approximate surface area is 432 Å². The van der Waals surface area contributed by atoms with E-state index >= 15 is 8.78 Å². The second-order valence-corrected chi connectivity index (χ2v) is 20.6. The van der Waals surface area contributed by atoms with Crippen molar-refractivity contribution in [1.82, 2.24) is 0 Å². The highest BCUT2D eigenvalue weighted by Crippen LogP contribution is 2.64. The highest BCUT2D eigenvalue weighted by Gasteiger charge is 2.50. The fourth-order valence-corrected chi connectivity index (χ4v) is 12.0. The van der Waals surface area contributed by atoms with Crippen molar-refractivity contribution >= 4 is 88.8 Å². The zero-order chi connectivity index (χ0) is 50.6. The molecule has 0 amide bonds. The highest BCUT2D eigenvalue weighted by atomic mass is 19.1. The number of rotatable bonds is 8. The quantitative estimate of drug-likeness (QED) is 0.152. The van der Waals surface area contributed by atoms with Crippen LogP contribution in [-0.4, -0.2) is 0 Å². The molecular formula is C69H48F2N2O2. The molecule has 2 heterocycles. The maximum absolute atomic E-state index is 17.0. The number of fused-ring (bicyclic) bond motifs is 12. The minimum absolute atomic E-state index is 0.114. The summed E-state index contributed by atoms with van der Waals surface area (Å²) in [5.41, 5.74) is 12.1. The van der Waals surface area contributed by atoms with E-state index in [1.807, 2.05) is 89.8 Å². The van der Waals surface area contributed by atoms with E-state index in [2.05, 4.69) is 153 Å². The van der Waals surface area contributed by atoms with E-state index in [0.29, 0.717) is 39.4 Å². The van der Waals surface area contributed by atoms with E-state index in [9.17, 15) is 0 Å². The molecule has 0 radical (unpaired) electrons. The molecule has 0 saturated carbocycles. The van der Waals surface area contributed by atoms with Crippen LogP contribution in [0.4, 0.5) is 42.9 Å². The van der Waals surface area contributed by atoms with Gasteiger partial charge in [0.25, 0.3) is 0 Å². The average Bonchev–Trinajstić information content (AvgIpc) is 4.25. The molecule has 1 aliphatic carbocycles. The van der Waals surface area contributed by atoms with Crippen molar-refractivity contribution in [3.63, 3.8) is 0 Å². The summed E-state index contributed by atoms with van der Waals surface area (Å²) in [6, 6.07) is 79.0. The number of furan rings is 2. The number of hydrogen-bond donors (Lipinski definition) is 0. The van der Waals surface area contributed by atoms with Crippen molar-refractivity contribution in [3.05, 3.63) is 276 Å². The Kier molecular flexibility index (Phi) is 10.0. The standard InChI is InChI=1S/C69H48F2N2O2/c1-68(2,3)45-35-38-48(39-36-45)72(56-30-16-14-28-54(56)70)58-41-53-65(67-62(58)50-26-12-18-32-60(50)75-67)64-52(69(53,46-22-6-4-7-23-46)47-24-8-5-9-25-47)42-59(66-63(64)51-27-13-19-33-61(51)74-66)73(57-31-17-15-29-55(57)71)49-37-34-43-20-10-11-21-44(43)40-49/h4-42H,1-3H3. The molecule has 6 heteroatoms. The lowest BCUT2D eigenvalue weighted by atomic mass is 9.67. The van der Waals surface area contributed by atoms with E-state index in [4.69, 9.17) is 8.83 Å². The topological polar surface area (TPSA) is 32.8 Å². The van der Waals surface area contributed by atoms with Crippen molar-refractivity contribution in [2.45, 2.75) is 31.6 Å². The van der Waals surface area contributed by atoms with Crippen molar-refractivity contribution in [3.8, 4) is 11.1 Å². The lowest BCUT2D eigenvalue weighted by Crippen LogP contribution is -2.29. The van der Waals surface area contributed by atoms with Gasteiger partial charge in [-0.15, -0.1) is 0 Å². The Bertz CT molecular complexity index is 4340. The molecule has 0 bridgehead atoms. The van der Waals surface area contributed by atoms with Crippen LogP contribution in [0.25, 0.3) is 65.8 Å². The molecule has 360 valence electrons. The predicted octanol–water partition coefficient (Wildman–Crippen LogP) is 19.5. The Morgan fingerprint density at radius 2 is 0.867 bits per heavy atom. The minimum Gasteiger partial charge on any atom is -0.455 e. The number of hydrogen-bond acceptors (Lipinski definition) is 4. The first-order valence-electron chi connectivity index (χ1n) is 25.5. The van der Waals surface area contributed by atoms with Gasteiger partial charge < -0.3 is 18.6 Å².